The molecular formula is C18H31F2N3O3. The van der Waals surface area contributed by atoms with E-state index in [0.29, 0.717) is 6.42 Å². The largest absolute Gasteiger partial charge is 0.381 e. The van der Waals surface area contributed by atoms with E-state index in [4.69, 9.17) is 0 Å². The maximum Gasteiger partial charge on any atom is 0.250 e. The molecule has 2 unspecified atom stereocenters. The van der Waals surface area contributed by atoms with Gasteiger partial charge in [0.1, 0.15) is 0 Å². The van der Waals surface area contributed by atoms with Crippen molar-refractivity contribution >= 4 is 11.8 Å². The first-order valence-electron chi connectivity index (χ1n) is 9.47. The molecule has 3 atom stereocenters. The highest BCUT2D eigenvalue weighted by Gasteiger charge is 2.43. The number of alkyl halides is 2. The van der Waals surface area contributed by atoms with Crippen molar-refractivity contribution in [3.05, 3.63) is 0 Å². The number of nitrogens with one attached hydrogen (secondary N) is 3. The number of rotatable bonds is 7. The summed E-state index contributed by atoms with van der Waals surface area (Å²) in [6.07, 6.45) is 4.20. The van der Waals surface area contributed by atoms with Crippen molar-refractivity contribution in [1.82, 2.24) is 16.0 Å². The van der Waals surface area contributed by atoms with Gasteiger partial charge < -0.3 is 21.1 Å². The van der Waals surface area contributed by atoms with Crippen LogP contribution < -0.4 is 16.0 Å². The van der Waals surface area contributed by atoms with Gasteiger partial charge in [0.2, 0.25) is 11.8 Å². The molecule has 6 nitrogen and oxygen atoms in total. The Labute approximate surface area is 153 Å². The highest BCUT2D eigenvalue weighted by Crippen LogP contribution is 2.42. The van der Waals surface area contributed by atoms with Gasteiger partial charge in [0.25, 0.3) is 5.91 Å². The van der Waals surface area contributed by atoms with Crippen molar-refractivity contribution in [3.63, 3.8) is 0 Å². The number of aliphatic hydroxyl groups excluding tert-OH is 1. The van der Waals surface area contributed by atoms with E-state index < -0.39 is 36.4 Å². The lowest BCUT2D eigenvalue weighted by Crippen LogP contribution is -2.53. The van der Waals surface area contributed by atoms with Crippen LogP contribution in [0, 0.1) is 5.41 Å². The topological polar surface area (TPSA) is 90.5 Å². The van der Waals surface area contributed by atoms with Crippen LogP contribution in [0.3, 0.4) is 0 Å². The van der Waals surface area contributed by atoms with Crippen LogP contribution in [0.25, 0.3) is 0 Å². The Morgan fingerprint density at radius 2 is 1.96 bits per heavy atom. The second kappa shape index (κ2) is 8.61. The molecule has 2 rings (SSSR count). The van der Waals surface area contributed by atoms with E-state index in [2.05, 4.69) is 16.0 Å². The van der Waals surface area contributed by atoms with Crippen LogP contribution in [0.1, 0.15) is 58.3 Å². The zero-order valence-corrected chi connectivity index (χ0v) is 15.6. The third kappa shape index (κ3) is 5.61. The highest BCUT2D eigenvalue weighted by molar-refractivity contribution is 5.85. The van der Waals surface area contributed by atoms with Gasteiger partial charge in [0.15, 0.2) is 6.10 Å². The number of hydrogen-bond donors (Lipinski definition) is 4. The van der Waals surface area contributed by atoms with Crippen molar-refractivity contribution in [2.75, 3.05) is 13.6 Å². The van der Waals surface area contributed by atoms with Crippen molar-refractivity contribution in [2.24, 2.45) is 5.41 Å². The van der Waals surface area contributed by atoms with Gasteiger partial charge in [-0.25, -0.2) is 8.78 Å². The van der Waals surface area contributed by atoms with Gasteiger partial charge in [0.05, 0.1) is 12.1 Å². The fraction of sp³-hybridized carbons (Fsp3) is 0.889. The van der Waals surface area contributed by atoms with Gasteiger partial charge in [-0.2, -0.15) is 0 Å². The molecule has 2 amide bonds. The van der Waals surface area contributed by atoms with Crippen LogP contribution >= 0.6 is 0 Å². The van der Waals surface area contributed by atoms with E-state index in [1.807, 2.05) is 0 Å². The minimum absolute atomic E-state index is 0.144. The molecule has 26 heavy (non-hydrogen) atoms. The summed E-state index contributed by atoms with van der Waals surface area (Å²) in [5.41, 5.74) is 0.144. The zero-order chi connectivity index (χ0) is 19.4. The lowest BCUT2D eigenvalue weighted by molar-refractivity contribution is -0.132. The van der Waals surface area contributed by atoms with Gasteiger partial charge in [-0.05, 0) is 38.0 Å². The monoisotopic (exact) mass is 375 g/mol. The summed E-state index contributed by atoms with van der Waals surface area (Å²) in [5.74, 6) is -3.96. The average molecular weight is 375 g/mol. The van der Waals surface area contributed by atoms with Gasteiger partial charge in [-0.1, -0.05) is 19.3 Å². The molecule has 1 heterocycles. The van der Waals surface area contributed by atoms with Gasteiger partial charge >= 0.3 is 0 Å². The van der Waals surface area contributed by atoms with Crippen molar-refractivity contribution < 1.29 is 23.5 Å². The quantitative estimate of drug-likeness (QED) is 0.540. The Morgan fingerprint density at radius 3 is 2.54 bits per heavy atom. The predicted molar refractivity (Wildman–Crippen MR) is 93.8 cm³/mol. The number of aliphatic hydroxyl groups is 1. The fourth-order valence-corrected chi connectivity index (χ4v) is 4.12. The summed E-state index contributed by atoms with van der Waals surface area (Å²) in [7, 11) is 1.35. The van der Waals surface area contributed by atoms with Crippen molar-refractivity contribution in [3.8, 4) is 0 Å². The minimum atomic E-state index is -2.93. The van der Waals surface area contributed by atoms with Crippen LogP contribution in [0.2, 0.25) is 0 Å². The average Bonchev–Trinajstić information content (AvgIpc) is 3.00. The fourth-order valence-electron chi connectivity index (χ4n) is 4.12. The maximum absolute atomic E-state index is 13.2. The van der Waals surface area contributed by atoms with Crippen LogP contribution in [-0.2, 0) is 9.59 Å². The summed E-state index contributed by atoms with van der Waals surface area (Å²) in [4.78, 5) is 24.3. The van der Waals surface area contributed by atoms with Crippen LogP contribution in [-0.4, -0.2) is 54.6 Å². The Bertz CT molecular complexity index is 504. The highest BCUT2D eigenvalue weighted by atomic mass is 19.3. The van der Waals surface area contributed by atoms with E-state index in [-0.39, 0.29) is 17.7 Å². The lowest BCUT2D eigenvalue weighted by atomic mass is 9.72. The molecule has 1 aliphatic heterocycles. The summed E-state index contributed by atoms with van der Waals surface area (Å²) >= 11 is 0. The SMILES string of the molecule is CNC(=O)C(O)C(CCC(C)(F)F)NC(=O)[C@@H]1CC2(CCCCC2)CN1. The number of amides is 2. The first kappa shape index (κ1) is 21.0. The van der Waals surface area contributed by atoms with Crippen LogP contribution in [0.4, 0.5) is 8.78 Å². The minimum Gasteiger partial charge on any atom is -0.381 e. The van der Waals surface area contributed by atoms with Gasteiger partial charge in [0, 0.05) is 20.0 Å². The van der Waals surface area contributed by atoms with E-state index in [1.54, 1.807) is 0 Å². The zero-order valence-electron chi connectivity index (χ0n) is 15.6. The molecule has 0 aromatic heterocycles. The van der Waals surface area contributed by atoms with Crippen molar-refractivity contribution in [1.29, 1.82) is 0 Å². The Balaban J connectivity index is 1.97. The molecule has 0 aromatic rings. The van der Waals surface area contributed by atoms with E-state index in [0.717, 1.165) is 26.3 Å². The second-order valence-corrected chi connectivity index (χ2v) is 7.98. The van der Waals surface area contributed by atoms with E-state index in [9.17, 15) is 23.5 Å². The Kier molecular flexibility index (Phi) is 6.96. The lowest BCUT2D eigenvalue weighted by Gasteiger charge is -2.32. The number of likely N-dealkylation sites (N-methyl/N-ethyl adjacent to an activating group) is 1. The number of carbonyl (C=O) groups is 2. The molecule has 150 valence electrons. The Morgan fingerprint density at radius 1 is 1.31 bits per heavy atom. The first-order valence-corrected chi connectivity index (χ1v) is 9.47. The molecule has 2 aliphatic rings. The molecule has 4 N–H and O–H groups in total. The van der Waals surface area contributed by atoms with Crippen LogP contribution in [0.5, 0.6) is 0 Å². The van der Waals surface area contributed by atoms with E-state index >= 15 is 0 Å². The van der Waals surface area contributed by atoms with Crippen LogP contribution in [0.15, 0.2) is 0 Å². The molecule has 0 radical (unpaired) electrons. The molecular weight excluding hydrogens is 344 g/mol. The molecule has 1 aliphatic carbocycles. The maximum atomic E-state index is 13.2. The summed E-state index contributed by atoms with van der Waals surface area (Å²) < 4.78 is 26.4. The molecule has 0 bridgehead atoms. The number of halogens is 2. The molecule has 2 fully saturated rings. The second-order valence-electron chi connectivity index (χ2n) is 7.98. The summed E-state index contributed by atoms with van der Waals surface area (Å²) in [5, 5.41) is 18.3. The molecule has 1 saturated carbocycles. The normalized spacial score (nSPS) is 24.9. The molecule has 8 heteroatoms. The third-order valence-corrected chi connectivity index (χ3v) is 5.71. The molecule has 1 spiro atoms. The smallest absolute Gasteiger partial charge is 0.250 e. The summed E-state index contributed by atoms with van der Waals surface area (Å²) in [6.45, 7) is 1.56. The standard InChI is InChI=1S/C18H31F2N3O3/c1-17(19,20)9-6-12(14(24)16(26)21-2)23-15(25)13-10-18(11-22-13)7-4-3-5-8-18/h12-14,22,24H,3-11H2,1-2H3,(H,21,26)(H,23,25)/t12?,13-,14?/m0/s1. The Hall–Kier alpha value is -1.28. The first-order chi connectivity index (χ1) is 12.2. The van der Waals surface area contributed by atoms with E-state index in [1.165, 1.54) is 26.3 Å². The van der Waals surface area contributed by atoms with Gasteiger partial charge in [-0.15, -0.1) is 0 Å². The number of hydrogen-bond acceptors (Lipinski definition) is 4. The molecule has 0 aromatic carbocycles. The summed E-state index contributed by atoms with van der Waals surface area (Å²) in [6, 6.07) is -1.45. The number of carbonyl (C=O) groups excluding carboxylic acids is 2. The predicted octanol–water partition coefficient (Wildman–Crippen LogP) is 1.33. The van der Waals surface area contributed by atoms with Crippen molar-refractivity contribution in [2.45, 2.75) is 82.4 Å². The third-order valence-electron chi connectivity index (χ3n) is 5.71. The van der Waals surface area contributed by atoms with Gasteiger partial charge in [-0.3, -0.25) is 9.59 Å². The molecule has 1 saturated heterocycles.